The average molecular weight is 253 g/mol. The van der Waals surface area contributed by atoms with Gasteiger partial charge in [-0.05, 0) is 43.4 Å². The predicted molar refractivity (Wildman–Crippen MR) is 70.4 cm³/mol. The van der Waals surface area contributed by atoms with Crippen molar-refractivity contribution >= 4 is 23.2 Å². The van der Waals surface area contributed by atoms with Crippen LogP contribution in [0.1, 0.15) is 18.4 Å². The molecule has 1 aromatic rings. The van der Waals surface area contributed by atoms with Gasteiger partial charge in [-0.2, -0.15) is 0 Å². The maximum atomic E-state index is 11.5. The number of rotatable bonds is 5. The molecule has 0 heterocycles. The predicted octanol–water partition coefficient (Wildman–Crippen LogP) is 2.59. The summed E-state index contributed by atoms with van der Waals surface area (Å²) >= 11 is 6.02. The highest BCUT2D eigenvalue weighted by molar-refractivity contribution is 6.33. The van der Waals surface area contributed by atoms with Crippen LogP contribution in [0.4, 0.5) is 5.69 Å². The van der Waals surface area contributed by atoms with E-state index in [-0.39, 0.29) is 12.5 Å². The maximum Gasteiger partial charge on any atom is 0.239 e. The van der Waals surface area contributed by atoms with Crippen LogP contribution in [0.15, 0.2) is 18.2 Å². The second kappa shape index (κ2) is 5.41. The van der Waals surface area contributed by atoms with Crippen LogP contribution >= 0.6 is 11.6 Å². The lowest BCUT2D eigenvalue weighted by molar-refractivity contribution is -0.119. The van der Waals surface area contributed by atoms with E-state index >= 15 is 0 Å². The van der Waals surface area contributed by atoms with Crippen LogP contribution in [0.2, 0.25) is 5.02 Å². The zero-order chi connectivity index (χ0) is 12.3. The summed E-state index contributed by atoms with van der Waals surface area (Å²) in [6.07, 6.45) is 2.49. The Bertz CT molecular complexity index is 416. The van der Waals surface area contributed by atoms with Gasteiger partial charge in [0.15, 0.2) is 0 Å². The minimum Gasteiger partial charge on any atom is -0.375 e. The molecule has 0 spiro atoms. The fourth-order valence-corrected chi connectivity index (χ4v) is 1.78. The number of amides is 1. The molecule has 3 nitrogen and oxygen atoms in total. The second-order valence-corrected chi connectivity index (χ2v) is 4.99. The monoisotopic (exact) mass is 252 g/mol. The van der Waals surface area contributed by atoms with Crippen molar-refractivity contribution in [2.75, 3.05) is 18.4 Å². The second-order valence-electron chi connectivity index (χ2n) is 4.58. The Labute approximate surface area is 107 Å². The molecule has 1 fully saturated rings. The third kappa shape index (κ3) is 3.93. The molecule has 1 aliphatic rings. The van der Waals surface area contributed by atoms with Crippen LogP contribution < -0.4 is 10.6 Å². The highest BCUT2D eigenvalue weighted by Gasteiger charge is 2.21. The van der Waals surface area contributed by atoms with Gasteiger partial charge in [0.1, 0.15) is 0 Å². The van der Waals surface area contributed by atoms with E-state index in [0.29, 0.717) is 10.9 Å². The zero-order valence-corrected chi connectivity index (χ0v) is 10.7. The van der Waals surface area contributed by atoms with Crippen LogP contribution in [-0.4, -0.2) is 19.0 Å². The molecule has 0 bridgehead atoms. The first-order valence-corrected chi connectivity index (χ1v) is 6.29. The minimum absolute atomic E-state index is 0.0227. The summed E-state index contributed by atoms with van der Waals surface area (Å²) in [6.45, 7) is 3.08. The Kier molecular flexibility index (Phi) is 3.89. The van der Waals surface area contributed by atoms with Gasteiger partial charge in [-0.15, -0.1) is 0 Å². The topological polar surface area (TPSA) is 41.1 Å². The Morgan fingerprint density at radius 2 is 2.24 bits per heavy atom. The van der Waals surface area contributed by atoms with E-state index < -0.39 is 0 Å². The van der Waals surface area contributed by atoms with E-state index in [1.165, 1.54) is 12.8 Å². The van der Waals surface area contributed by atoms with Gasteiger partial charge in [0.25, 0.3) is 0 Å². The molecule has 0 aromatic heterocycles. The van der Waals surface area contributed by atoms with E-state index in [1.54, 1.807) is 0 Å². The molecular formula is C13H17ClN2O. The van der Waals surface area contributed by atoms with Crippen molar-refractivity contribution < 1.29 is 4.79 Å². The summed E-state index contributed by atoms with van der Waals surface area (Å²) < 4.78 is 0. The third-order valence-electron chi connectivity index (χ3n) is 2.85. The molecule has 2 rings (SSSR count). The Balaban J connectivity index is 1.79. The number of halogens is 1. The highest BCUT2D eigenvalue weighted by Crippen LogP contribution is 2.27. The Morgan fingerprint density at radius 3 is 2.94 bits per heavy atom. The molecule has 0 atom stereocenters. The Morgan fingerprint density at radius 1 is 1.47 bits per heavy atom. The number of aryl methyl sites for hydroxylation is 1. The lowest BCUT2D eigenvalue weighted by atomic mass is 10.2. The number of nitrogens with one attached hydrogen (secondary N) is 2. The zero-order valence-electron chi connectivity index (χ0n) is 9.92. The molecule has 4 heteroatoms. The number of benzene rings is 1. The Hall–Kier alpha value is -1.22. The molecule has 0 unspecified atom stereocenters. The molecule has 1 aromatic carbocycles. The molecule has 92 valence electrons. The number of carbonyl (C=O) groups excluding carboxylic acids is 1. The summed E-state index contributed by atoms with van der Waals surface area (Å²) in [7, 11) is 0. The lowest BCUT2D eigenvalue weighted by Gasteiger charge is -2.09. The van der Waals surface area contributed by atoms with Gasteiger partial charge in [-0.3, -0.25) is 4.79 Å². The largest absolute Gasteiger partial charge is 0.375 e. The fourth-order valence-electron chi connectivity index (χ4n) is 1.59. The van der Waals surface area contributed by atoms with E-state index in [2.05, 4.69) is 10.6 Å². The standard InChI is InChI=1S/C13H17ClN2O/c1-9-2-5-11(14)12(6-9)15-8-13(17)16-7-10-3-4-10/h2,5-6,10,15H,3-4,7-8H2,1H3,(H,16,17). The first-order chi connectivity index (χ1) is 8.15. The van der Waals surface area contributed by atoms with Crippen LogP contribution in [0.3, 0.4) is 0 Å². The van der Waals surface area contributed by atoms with Gasteiger partial charge in [-0.1, -0.05) is 17.7 Å². The van der Waals surface area contributed by atoms with Crippen molar-refractivity contribution in [1.29, 1.82) is 0 Å². The summed E-state index contributed by atoms with van der Waals surface area (Å²) in [5.41, 5.74) is 1.93. The smallest absolute Gasteiger partial charge is 0.239 e. The van der Waals surface area contributed by atoms with Crippen LogP contribution in [0.25, 0.3) is 0 Å². The average Bonchev–Trinajstić information content (AvgIpc) is 3.11. The highest BCUT2D eigenvalue weighted by atomic mass is 35.5. The number of carbonyl (C=O) groups is 1. The van der Waals surface area contributed by atoms with Crippen molar-refractivity contribution in [3.8, 4) is 0 Å². The van der Waals surface area contributed by atoms with E-state index in [0.717, 1.165) is 17.8 Å². The first kappa shape index (κ1) is 12.2. The van der Waals surface area contributed by atoms with Gasteiger partial charge in [0, 0.05) is 6.54 Å². The molecule has 2 N–H and O–H groups in total. The summed E-state index contributed by atoms with van der Waals surface area (Å²) in [4.78, 5) is 11.5. The molecule has 1 saturated carbocycles. The molecule has 0 radical (unpaired) electrons. The lowest BCUT2D eigenvalue weighted by Crippen LogP contribution is -2.31. The quantitative estimate of drug-likeness (QED) is 0.846. The SMILES string of the molecule is Cc1ccc(Cl)c(NCC(=O)NCC2CC2)c1. The van der Waals surface area contributed by atoms with Gasteiger partial charge < -0.3 is 10.6 Å². The van der Waals surface area contributed by atoms with Gasteiger partial charge in [0.05, 0.1) is 17.3 Å². The summed E-state index contributed by atoms with van der Waals surface area (Å²) in [6, 6.07) is 5.72. The van der Waals surface area contributed by atoms with Crippen molar-refractivity contribution in [1.82, 2.24) is 5.32 Å². The first-order valence-electron chi connectivity index (χ1n) is 5.92. The van der Waals surface area contributed by atoms with Gasteiger partial charge in [-0.25, -0.2) is 0 Å². The number of hydrogen-bond donors (Lipinski definition) is 2. The molecule has 1 amide bonds. The molecule has 0 aliphatic heterocycles. The molecule has 0 saturated heterocycles. The fraction of sp³-hybridized carbons (Fsp3) is 0.462. The summed E-state index contributed by atoms with van der Waals surface area (Å²) in [5, 5.41) is 6.60. The molecule has 17 heavy (non-hydrogen) atoms. The third-order valence-corrected chi connectivity index (χ3v) is 3.18. The van der Waals surface area contributed by atoms with Crippen LogP contribution in [0, 0.1) is 12.8 Å². The van der Waals surface area contributed by atoms with Crippen molar-refractivity contribution in [2.24, 2.45) is 5.92 Å². The van der Waals surface area contributed by atoms with Gasteiger partial charge >= 0.3 is 0 Å². The van der Waals surface area contributed by atoms with E-state index in [9.17, 15) is 4.79 Å². The maximum absolute atomic E-state index is 11.5. The van der Waals surface area contributed by atoms with Crippen molar-refractivity contribution in [3.05, 3.63) is 28.8 Å². The van der Waals surface area contributed by atoms with Crippen LogP contribution in [0.5, 0.6) is 0 Å². The molecular weight excluding hydrogens is 236 g/mol. The number of anilines is 1. The van der Waals surface area contributed by atoms with E-state index in [4.69, 9.17) is 11.6 Å². The normalized spacial score (nSPS) is 14.5. The van der Waals surface area contributed by atoms with Crippen LogP contribution in [-0.2, 0) is 4.79 Å². The molecule has 1 aliphatic carbocycles. The summed E-state index contributed by atoms with van der Waals surface area (Å²) in [5.74, 6) is 0.732. The number of hydrogen-bond acceptors (Lipinski definition) is 2. The van der Waals surface area contributed by atoms with E-state index in [1.807, 2.05) is 25.1 Å². The van der Waals surface area contributed by atoms with Crippen molar-refractivity contribution in [3.63, 3.8) is 0 Å². The van der Waals surface area contributed by atoms with Crippen molar-refractivity contribution in [2.45, 2.75) is 19.8 Å². The minimum atomic E-state index is 0.0227. The van der Waals surface area contributed by atoms with Gasteiger partial charge in [0.2, 0.25) is 5.91 Å².